The van der Waals surface area contributed by atoms with E-state index in [2.05, 4.69) is 20.7 Å². The van der Waals surface area contributed by atoms with Gasteiger partial charge in [0.25, 0.3) is 0 Å². The van der Waals surface area contributed by atoms with Crippen LogP contribution >= 0.6 is 0 Å². The van der Waals surface area contributed by atoms with Crippen LogP contribution in [0.2, 0.25) is 0 Å². The fourth-order valence-electron chi connectivity index (χ4n) is 2.68. The zero-order chi connectivity index (χ0) is 18.9. The van der Waals surface area contributed by atoms with Gasteiger partial charge in [-0.15, -0.1) is 0 Å². The van der Waals surface area contributed by atoms with Crippen molar-refractivity contribution in [1.82, 2.24) is 20.4 Å². The first-order chi connectivity index (χ1) is 13.2. The van der Waals surface area contributed by atoms with Crippen molar-refractivity contribution in [1.29, 1.82) is 0 Å². The molecule has 5 nitrogen and oxygen atoms in total. The lowest BCUT2D eigenvalue weighted by Gasteiger charge is -2.10. The molecule has 6 heteroatoms. The maximum Gasteiger partial charge on any atom is 0.191 e. The summed E-state index contributed by atoms with van der Waals surface area (Å²) >= 11 is 0. The average molecular weight is 365 g/mol. The third kappa shape index (κ3) is 5.67. The van der Waals surface area contributed by atoms with E-state index in [9.17, 15) is 4.39 Å². The maximum absolute atomic E-state index is 13.3. The van der Waals surface area contributed by atoms with Gasteiger partial charge in [-0.3, -0.25) is 0 Å². The summed E-state index contributed by atoms with van der Waals surface area (Å²) in [6, 6.07) is 16.5. The lowest BCUT2D eigenvalue weighted by molar-refractivity contribution is 0.625. The highest BCUT2D eigenvalue weighted by atomic mass is 19.1. The number of nitrogens with zero attached hydrogens (tertiary/aromatic N) is 3. The largest absolute Gasteiger partial charge is 0.357 e. The van der Waals surface area contributed by atoms with Crippen LogP contribution in [0.5, 0.6) is 0 Å². The van der Waals surface area contributed by atoms with Crippen molar-refractivity contribution >= 4 is 5.96 Å². The van der Waals surface area contributed by atoms with Crippen molar-refractivity contribution in [2.75, 3.05) is 13.1 Å². The van der Waals surface area contributed by atoms with Crippen molar-refractivity contribution < 1.29 is 4.39 Å². The SMILES string of the molecule is CCNC(=NCc1cccc(F)c1)NCCc1cnn(-c2ccccc2)c1. The van der Waals surface area contributed by atoms with Gasteiger partial charge < -0.3 is 10.6 Å². The lowest BCUT2D eigenvalue weighted by Crippen LogP contribution is -2.38. The molecule has 2 N–H and O–H groups in total. The number of rotatable bonds is 7. The number of para-hydroxylation sites is 1. The number of hydrogen-bond donors (Lipinski definition) is 2. The predicted octanol–water partition coefficient (Wildman–Crippen LogP) is 3.31. The van der Waals surface area contributed by atoms with Crippen LogP contribution in [0.15, 0.2) is 72.0 Å². The van der Waals surface area contributed by atoms with Crippen molar-refractivity contribution in [2.45, 2.75) is 19.9 Å². The number of hydrogen-bond acceptors (Lipinski definition) is 2. The highest BCUT2D eigenvalue weighted by Gasteiger charge is 2.02. The van der Waals surface area contributed by atoms with Gasteiger partial charge in [0.2, 0.25) is 0 Å². The molecule has 27 heavy (non-hydrogen) atoms. The molecule has 3 aromatic rings. The van der Waals surface area contributed by atoms with Gasteiger partial charge in [0, 0.05) is 19.3 Å². The molecule has 0 radical (unpaired) electrons. The van der Waals surface area contributed by atoms with E-state index in [1.165, 1.54) is 12.1 Å². The summed E-state index contributed by atoms with van der Waals surface area (Å²) in [5.41, 5.74) is 3.03. The predicted molar refractivity (Wildman–Crippen MR) is 106 cm³/mol. The van der Waals surface area contributed by atoms with Crippen LogP contribution in [0.25, 0.3) is 5.69 Å². The monoisotopic (exact) mass is 365 g/mol. The van der Waals surface area contributed by atoms with E-state index < -0.39 is 0 Å². The molecule has 0 aliphatic carbocycles. The van der Waals surface area contributed by atoms with E-state index in [1.54, 1.807) is 6.07 Å². The molecule has 1 heterocycles. The Morgan fingerprint density at radius 3 is 2.70 bits per heavy atom. The molecule has 140 valence electrons. The molecule has 2 aromatic carbocycles. The van der Waals surface area contributed by atoms with Gasteiger partial charge in [-0.05, 0) is 48.7 Å². The second kappa shape index (κ2) is 9.52. The van der Waals surface area contributed by atoms with Gasteiger partial charge >= 0.3 is 0 Å². The number of nitrogens with one attached hydrogen (secondary N) is 2. The van der Waals surface area contributed by atoms with Crippen LogP contribution in [0.4, 0.5) is 4.39 Å². The Kier molecular flexibility index (Phi) is 6.57. The molecule has 1 aromatic heterocycles. The van der Waals surface area contributed by atoms with Gasteiger partial charge in [-0.2, -0.15) is 5.10 Å². The molecule has 0 saturated carbocycles. The normalized spacial score (nSPS) is 11.4. The first-order valence-electron chi connectivity index (χ1n) is 9.10. The number of aromatic nitrogens is 2. The molecule has 0 spiro atoms. The van der Waals surface area contributed by atoms with Crippen molar-refractivity contribution in [3.63, 3.8) is 0 Å². The third-order valence-electron chi connectivity index (χ3n) is 4.02. The number of benzene rings is 2. The van der Waals surface area contributed by atoms with Crippen LogP contribution in [0.1, 0.15) is 18.1 Å². The molecule has 0 saturated heterocycles. The maximum atomic E-state index is 13.3. The number of guanidine groups is 1. The number of aliphatic imine (C=N–C) groups is 1. The Balaban J connectivity index is 1.54. The van der Waals surface area contributed by atoms with Gasteiger partial charge in [-0.1, -0.05) is 30.3 Å². The molecular weight excluding hydrogens is 341 g/mol. The zero-order valence-electron chi connectivity index (χ0n) is 15.4. The van der Waals surface area contributed by atoms with Crippen LogP contribution < -0.4 is 10.6 Å². The molecule has 0 bridgehead atoms. The average Bonchev–Trinajstić information content (AvgIpc) is 3.16. The van der Waals surface area contributed by atoms with Crippen LogP contribution in [0.3, 0.4) is 0 Å². The summed E-state index contributed by atoms with van der Waals surface area (Å²) < 4.78 is 15.1. The van der Waals surface area contributed by atoms with E-state index >= 15 is 0 Å². The summed E-state index contributed by atoms with van der Waals surface area (Å²) in [6.07, 6.45) is 4.75. The van der Waals surface area contributed by atoms with Crippen molar-refractivity contribution in [3.8, 4) is 5.69 Å². The Morgan fingerprint density at radius 2 is 1.93 bits per heavy atom. The molecule has 3 rings (SSSR count). The molecule has 0 aliphatic rings. The van der Waals surface area contributed by atoms with Crippen LogP contribution in [-0.2, 0) is 13.0 Å². The molecule has 0 aliphatic heterocycles. The van der Waals surface area contributed by atoms with E-state index in [0.717, 1.165) is 42.3 Å². The second-order valence-corrected chi connectivity index (χ2v) is 6.13. The van der Waals surface area contributed by atoms with E-state index in [-0.39, 0.29) is 5.82 Å². The lowest BCUT2D eigenvalue weighted by atomic mass is 10.2. The smallest absolute Gasteiger partial charge is 0.191 e. The summed E-state index contributed by atoms with van der Waals surface area (Å²) in [5, 5.41) is 10.9. The van der Waals surface area contributed by atoms with Gasteiger partial charge in [0.05, 0.1) is 18.4 Å². The summed E-state index contributed by atoms with van der Waals surface area (Å²) in [6.45, 7) is 3.94. The fraction of sp³-hybridized carbons (Fsp3) is 0.238. The van der Waals surface area contributed by atoms with E-state index in [0.29, 0.717) is 6.54 Å². The quantitative estimate of drug-likeness (QED) is 0.499. The molecule has 0 fully saturated rings. The van der Waals surface area contributed by atoms with Gasteiger partial charge in [0.1, 0.15) is 5.82 Å². The molecule has 0 unspecified atom stereocenters. The first-order valence-corrected chi connectivity index (χ1v) is 9.10. The Hall–Kier alpha value is -3.15. The Bertz CT molecular complexity index is 873. The van der Waals surface area contributed by atoms with Crippen molar-refractivity contribution in [3.05, 3.63) is 83.9 Å². The first kappa shape index (κ1) is 18.6. The van der Waals surface area contributed by atoms with Crippen LogP contribution in [-0.4, -0.2) is 28.8 Å². The van der Waals surface area contributed by atoms with Crippen molar-refractivity contribution in [2.24, 2.45) is 4.99 Å². The minimum absolute atomic E-state index is 0.240. The van der Waals surface area contributed by atoms with Gasteiger partial charge in [0.15, 0.2) is 5.96 Å². The topological polar surface area (TPSA) is 54.2 Å². The highest BCUT2D eigenvalue weighted by molar-refractivity contribution is 5.79. The Morgan fingerprint density at radius 1 is 1.07 bits per heavy atom. The third-order valence-corrected chi connectivity index (χ3v) is 4.02. The molecular formula is C21H24FN5. The summed E-state index contributed by atoms with van der Waals surface area (Å²) in [4.78, 5) is 4.52. The minimum atomic E-state index is -0.240. The number of halogens is 1. The Labute approximate surface area is 159 Å². The standard InChI is InChI=1S/C21H24FN5/c1-2-23-21(25-14-17-7-6-8-19(22)13-17)24-12-11-18-15-26-27(16-18)20-9-4-3-5-10-20/h3-10,13,15-16H,2,11-12,14H2,1H3,(H2,23,24,25). The second-order valence-electron chi connectivity index (χ2n) is 6.13. The molecule has 0 amide bonds. The van der Waals surface area contributed by atoms with E-state index in [4.69, 9.17) is 0 Å². The summed E-state index contributed by atoms with van der Waals surface area (Å²) in [7, 11) is 0. The summed E-state index contributed by atoms with van der Waals surface area (Å²) in [5.74, 6) is 0.480. The fourth-order valence-corrected chi connectivity index (χ4v) is 2.68. The van der Waals surface area contributed by atoms with E-state index in [1.807, 2.05) is 60.4 Å². The highest BCUT2D eigenvalue weighted by Crippen LogP contribution is 2.08. The van der Waals surface area contributed by atoms with Crippen LogP contribution in [0, 0.1) is 5.82 Å². The van der Waals surface area contributed by atoms with Gasteiger partial charge in [-0.25, -0.2) is 14.1 Å². The molecule has 0 atom stereocenters. The zero-order valence-corrected chi connectivity index (χ0v) is 15.4. The minimum Gasteiger partial charge on any atom is -0.357 e.